The quantitative estimate of drug-likeness (QED) is 0.637. The SMILES string of the molecule is CCOc1ccc(C2=C(COc3ccc(CCC(=O)O)c(C)c3C)CCC2)cn1. The zero-order valence-corrected chi connectivity index (χ0v) is 17.5. The topological polar surface area (TPSA) is 68.7 Å². The minimum Gasteiger partial charge on any atom is -0.489 e. The highest BCUT2D eigenvalue weighted by atomic mass is 16.5. The third-order valence-corrected chi connectivity index (χ3v) is 5.57. The van der Waals surface area contributed by atoms with Crippen LogP contribution in [0.5, 0.6) is 11.6 Å². The maximum atomic E-state index is 10.8. The molecule has 1 aliphatic rings. The minimum atomic E-state index is -0.771. The third kappa shape index (κ3) is 5.17. The van der Waals surface area contributed by atoms with Gasteiger partial charge in [-0.2, -0.15) is 0 Å². The van der Waals surface area contributed by atoms with Gasteiger partial charge in [0.05, 0.1) is 6.61 Å². The van der Waals surface area contributed by atoms with E-state index in [0.717, 1.165) is 47.3 Å². The molecule has 2 aromatic rings. The lowest BCUT2D eigenvalue weighted by molar-refractivity contribution is -0.136. The average Bonchev–Trinajstić information content (AvgIpc) is 3.17. The Kier molecular flexibility index (Phi) is 6.91. The van der Waals surface area contributed by atoms with Crippen LogP contribution in [0.25, 0.3) is 5.57 Å². The average molecular weight is 395 g/mol. The van der Waals surface area contributed by atoms with Gasteiger partial charge in [0.25, 0.3) is 0 Å². The smallest absolute Gasteiger partial charge is 0.303 e. The summed E-state index contributed by atoms with van der Waals surface area (Å²) in [4.78, 5) is 15.2. The molecule has 0 spiro atoms. The van der Waals surface area contributed by atoms with Gasteiger partial charge in [-0.15, -0.1) is 0 Å². The molecule has 29 heavy (non-hydrogen) atoms. The van der Waals surface area contributed by atoms with E-state index >= 15 is 0 Å². The van der Waals surface area contributed by atoms with Crippen molar-refractivity contribution in [1.29, 1.82) is 0 Å². The van der Waals surface area contributed by atoms with E-state index in [-0.39, 0.29) is 6.42 Å². The number of aliphatic carboxylic acids is 1. The molecule has 5 heteroatoms. The second-order valence-electron chi connectivity index (χ2n) is 7.41. The zero-order chi connectivity index (χ0) is 20.8. The first-order valence-electron chi connectivity index (χ1n) is 10.2. The molecule has 1 heterocycles. The molecule has 0 radical (unpaired) electrons. The summed E-state index contributed by atoms with van der Waals surface area (Å²) in [6.07, 6.45) is 5.79. The fourth-order valence-corrected chi connectivity index (χ4v) is 3.79. The van der Waals surface area contributed by atoms with Gasteiger partial charge in [-0.25, -0.2) is 4.98 Å². The van der Waals surface area contributed by atoms with E-state index in [2.05, 4.69) is 11.1 Å². The lowest BCUT2D eigenvalue weighted by Crippen LogP contribution is -2.05. The number of carboxylic acid groups (broad SMARTS) is 1. The molecule has 154 valence electrons. The number of allylic oxidation sites excluding steroid dienone is 1. The number of carboxylic acids is 1. The van der Waals surface area contributed by atoms with Crippen LogP contribution in [-0.2, 0) is 11.2 Å². The predicted molar refractivity (Wildman–Crippen MR) is 114 cm³/mol. The van der Waals surface area contributed by atoms with Crippen molar-refractivity contribution in [1.82, 2.24) is 4.98 Å². The first kappa shape index (κ1) is 20.9. The molecule has 0 saturated heterocycles. The number of pyridine rings is 1. The van der Waals surface area contributed by atoms with Crippen molar-refractivity contribution in [3.8, 4) is 11.6 Å². The molecule has 1 aliphatic carbocycles. The van der Waals surface area contributed by atoms with Gasteiger partial charge in [0, 0.05) is 18.7 Å². The molecule has 0 fully saturated rings. The third-order valence-electron chi connectivity index (χ3n) is 5.57. The summed E-state index contributed by atoms with van der Waals surface area (Å²) in [6, 6.07) is 7.95. The van der Waals surface area contributed by atoms with E-state index in [1.54, 1.807) is 0 Å². The molecule has 5 nitrogen and oxygen atoms in total. The van der Waals surface area contributed by atoms with E-state index < -0.39 is 5.97 Å². The highest BCUT2D eigenvalue weighted by molar-refractivity contribution is 5.70. The van der Waals surface area contributed by atoms with Gasteiger partial charge in [-0.1, -0.05) is 6.07 Å². The van der Waals surface area contributed by atoms with Crippen LogP contribution in [0.2, 0.25) is 0 Å². The molecular formula is C24H29NO4. The molecule has 0 bridgehead atoms. The van der Waals surface area contributed by atoms with Gasteiger partial charge in [0.1, 0.15) is 12.4 Å². The summed E-state index contributed by atoms with van der Waals surface area (Å²) in [5, 5.41) is 8.91. The van der Waals surface area contributed by atoms with Gasteiger partial charge >= 0.3 is 5.97 Å². The highest BCUT2D eigenvalue weighted by Gasteiger charge is 2.18. The Morgan fingerprint density at radius 2 is 1.93 bits per heavy atom. The van der Waals surface area contributed by atoms with Crippen LogP contribution < -0.4 is 9.47 Å². The molecule has 1 N–H and O–H groups in total. The number of rotatable bonds is 9. The maximum Gasteiger partial charge on any atom is 0.303 e. The van der Waals surface area contributed by atoms with Crippen LogP contribution in [0.1, 0.15) is 54.9 Å². The summed E-state index contributed by atoms with van der Waals surface area (Å²) in [6.45, 7) is 7.20. The number of hydrogen-bond donors (Lipinski definition) is 1. The van der Waals surface area contributed by atoms with Gasteiger partial charge in [-0.3, -0.25) is 4.79 Å². The first-order chi connectivity index (χ1) is 14.0. The number of hydrogen-bond acceptors (Lipinski definition) is 4. The summed E-state index contributed by atoms with van der Waals surface area (Å²) in [5.74, 6) is 0.749. The van der Waals surface area contributed by atoms with Crippen LogP contribution in [0.15, 0.2) is 36.0 Å². The number of aromatic nitrogens is 1. The van der Waals surface area contributed by atoms with Crippen molar-refractivity contribution < 1.29 is 19.4 Å². The maximum absolute atomic E-state index is 10.8. The van der Waals surface area contributed by atoms with Crippen LogP contribution in [0, 0.1) is 13.8 Å². The predicted octanol–water partition coefficient (Wildman–Crippen LogP) is 5.13. The molecule has 0 unspecified atom stereocenters. The van der Waals surface area contributed by atoms with Crippen molar-refractivity contribution >= 4 is 11.5 Å². The molecule has 0 saturated carbocycles. The van der Waals surface area contributed by atoms with Gasteiger partial charge in [0.15, 0.2) is 0 Å². The Labute approximate surface area is 172 Å². The van der Waals surface area contributed by atoms with Crippen LogP contribution >= 0.6 is 0 Å². The Morgan fingerprint density at radius 3 is 2.62 bits per heavy atom. The van der Waals surface area contributed by atoms with E-state index in [1.165, 1.54) is 11.1 Å². The fourth-order valence-electron chi connectivity index (χ4n) is 3.79. The Hall–Kier alpha value is -2.82. The fraction of sp³-hybridized carbons (Fsp3) is 0.417. The van der Waals surface area contributed by atoms with Crippen molar-refractivity contribution in [2.24, 2.45) is 0 Å². The molecular weight excluding hydrogens is 366 g/mol. The molecule has 3 rings (SSSR count). The van der Waals surface area contributed by atoms with Crippen LogP contribution in [0.3, 0.4) is 0 Å². The van der Waals surface area contributed by atoms with Crippen LogP contribution in [0.4, 0.5) is 0 Å². The van der Waals surface area contributed by atoms with Crippen molar-refractivity contribution in [2.45, 2.75) is 52.9 Å². The van der Waals surface area contributed by atoms with Crippen molar-refractivity contribution in [2.75, 3.05) is 13.2 Å². The summed E-state index contributed by atoms with van der Waals surface area (Å²) in [5.41, 5.74) is 7.05. The molecule has 1 aromatic carbocycles. The zero-order valence-electron chi connectivity index (χ0n) is 17.5. The lowest BCUT2D eigenvalue weighted by Gasteiger charge is -2.15. The minimum absolute atomic E-state index is 0.146. The number of aryl methyl sites for hydroxylation is 1. The summed E-state index contributed by atoms with van der Waals surface area (Å²) in [7, 11) is 0. The highest BCUT2D eigenvalue weighted by Crippen LogP contribution is 2.35. The van der Waals surface area contributed by atoms with Crippen LogP contribution in [-0.4, -0.2) is 29.3 Å². The number of nitrogens with zero attached hydrogens (tertiary/aromatic N) is 1. The number of benzene rings is 1. The Balaban J connectivity index is 1.71. The molecule has 0 amide bonds. The molecule has 1 aromatic heterocycles. The Morgan fingerprint density at radius 1 is 1.10 bits per heavy atom. The van der Waals surface area contributed by atoms with E-state index in [1.807, 2.05) is 45.2 Å². The summed E-state index contributed by atoms with van der Waals surface area (Å²) >= 11 is 0. The number of carbonyl (C=O) groups is 1. The first-order valence-corrected chi connectivity index (χ1v) is 10.2. The van der Waals surface area contributed by atoms with Gasteiger partial charge in [0.2, 0.25) is 5.88 Å². The second-order valence-corrected chi connectivity index (χ2v) is 7.41. The van der Waals surface area contributed by atoms with E-state index in [9.17, 15) is 4.79 Å². The van der Waals surface area contributed by atoms with E-state index in [0.29, 0.717) is 25.5 Å². The summed E-state index contributed by atoms with van der Waals surface area (Å²) < 4.78 is 11.6. The van der Waals surface area contributed by atoms with Gasteiger partial charge < -0.3 is 14.6 Å². The Bertz CT molecular complexity index is 900. The van der Waals surface area contributed by atoms with Crippen molar-refractivity contribution in [3.05, 3.63) is 58.3 Å². The standard InChI is InChI=1S/C24H29NO4/c1-4-28-23-12-9-19(14-25-23)21-7-5-6-20(21)15-29-22-11-8-18(10-13-24(26)27)16(2)17(22)3/h8-9,11-12,14H,4-7,10,13,15H2,1-3H3,(H,26,27). The lowest BCUT2D eigenvalue weighted by atomic mass is 9.99. The largest absolute Gasteiger partial charge is 0.489 e. The van der Waals surface area contributed by atoms with Crippen molar-refractivity contribution in [3.63, 3.8) is 0 Å². The van der Waals surface area contributed by atoms with Gasteiger partial charge in [-0.05, 0) is 92.0 Å². The molecule has 0 atom stereocenters. The normalized spacial score (nSPS) is 13.6. The second kappa shape index (κ2) is 9.59. The number of ether oxygens (including phenoxy) is 2. The monoisotopic (exact) mass is 395 g/mol. The molecule has 0 aliphatic heterocycles. The van der Waals surface area contributed by atoms with E-state index in [4.69, 9.17) is 14.6 Å².